The van der Waals surface area contributed by atoms with E-state index in [2.05, 4.69) is 10.3 Å². The summed E-state index contributed by atoms with van der Waals surface area (Å²) < 4.78 is 19.9. The molecule has 0 atom stereocenters. The summed E-state index contributed by atoms with van der Waals surface area (Å²) in [6.45, 7) is 0. The van der Waals surface area contributed by atoms with E-state index in [9.17, 15) is 9.18 Å². The number of hydrogen-bond donors (Lipinski definition) is 0. The maximum absolute atomic E-state index is 13.1. The number of benzene rings is 2. The van der Waals surface area contributed by atoms with Crippen LogP contribution in [0.25, 0.3) is 16.9 Å². The Morgan fingerprint density at radius 3 is 2.55 bits per heavy atom. The Balaban J connectivity index is 2.24. The van der Waals surface area contributed by atoms with E-state index in [1.807, 2.05) is 18.2 Å². The molecule has 3 rings (SSSR count). The maximum atomic E-state index is 13.1. The quantitative estimate of drug-likeness (QED) is 0.695. The Morgan fingerprint density at radius 2 is 1.86 bits per heavy atom. The van der Waals surface area contributed by atoms with Gasteiger partial charge in [-0.15, -0.1) is 5.10 Å². The second-order valence-electron chi connectivity index (χ2n) is 4.53. The van der Waals surface area contributed by atoms with Crippen LogP contribution in [0.2, 0.25) is 0 Å². The largest absolute Gasteiger partial charge is 0.496 e. The van der Waals surface area contributed by atoms with Crippen LogP contribution in [-0.2, 0) is 0 Å². The molecule has 1 aromatic heterocycles. The van der Waals surface area contributed by atoms with Crippen molar-refractivity contribution >= 4 is 6.29 Å². The van der Waals surface area contributed by atoms with Crippen LogP contribution in [0.5, 0.6) is 5.75 Å². The Kier molecular flexibility index (Phi) is 3.65. The van der Waals surface area contributed by atoms with E-state index < -0.39 is 0 Å². The van der Waals surface area contributed by atoms with Gasteiger partial charge in [0, 0.05) is 5.56 Å². The van der Waals surface area contributed by atoms with Gasteiger partial charge in [0.25, 0.3) is 0 Å². The van der Waals surface area contributed by atoms with Crippen molar-refractivity contribution in [1.29, 1.82) is 0 Å². The van der Waals surface area contributed by atoms with Crippen molar-refractivity contribution in [2.24, 2.45) is 0 Å². The zero-order valence-electron chi connectivity index (χ0n) is 11.7. The fourth-order valence-electron chi connectivity index (χ4n) is 2.23. The van der Waals surface area contributed by atoms with Crippen LogP contribution >= 0.6 is 0 Å². The molecule has 0 bridgehead atoms. The lowest BCUT2D eigenvalue weighted by molar-refractivity contribution is 0.111. The number of aldehydes is 1. The summed E-state index contributed by atoms with van der Waals surface area (Å²) in [5.41, 5.74) is 1.97. The molecule has 0 fully saturated rings. The van der Waals surface area contributed by atoms with Crippen LogP contribution in [0.1, 0.15) is 10.5 Å². The molecule has 1 heterocycles. The second kappa shape index (κ2) is 5.77. The molecule has 0 aliphatic rings. The summed E-state index contributed by atoms with van der Waals surface area (Å²) in [7, 11) is 1.55. The zero-order valence-corrected chi connectivity index (χ0v) is 11.7. The van der Waals surface area contributed by atoms with Gasteiger partial charge < -0.3 is 4.74 Å². The first kappa shape index (κ1) is 13.9. The van der Waals surface area contributed by atoms with E-state index in [-0.39, 0.29) is 11.5 Å². The van der Waals surface area contributed by atoms with Crippen LogP contribution in [0.15, 0.2) is 48.5 Å². The van der Waals surface area contributed by atoms with Crippen molar-refractivity contribution in [3.8, 4) is 22.7 Å². The number of hydrogen-bond acceptors (Lipinski definition) is 4. The summed E-state index contributed by atoms with van der Waals surface area (Å²) in [6, 6.07) is 13.0. The Bertz CT molecular complexity index is 813. The lowest BCUT2D eigenvalue weighted by atomic mass is 10.1. The van der Waals surface area contributed by atoms with Crippen molar-refractivity contribution < 1.29 is 13.9 Å². The van der Waals surface area contributed by atoms with Crippen LogP contribution < -0.4 is 4.74 Å². The number of carbonyl (C=O) groups is 1. The SMILES string of the molecule is COc1ccccc1-c1c(C=O)nnn1-c1ccc(F)cc1. The fourth-order valence-corrected chi connectivity index (χ4v) is 2.23. The Hall–Kier alpha value is -3.02. The monoisotopic (exact) mass is 297 g/mol. The first-order chi connectivity index (χ1) is 10.7. The highest BCUT2D eigenvalue weighted by molar-refractivity contribution is 5.85. The number of halogens is 1. The number of methoxy groups -OCH3 is 1. The molecule has 6 heteroatoms. The predicted octanol–water partition coefficient (Wildman–Crippen LogP) is 2.89. The van der Waals surface area contributed by atoms with Gasteiger partial charge in [-0.25, -0.2) is 9.07 Å². The van der Waals surface area contributed by atoms with Gasteiger partial charge >= 0.3 is 0 Å². The molecule has 0 amide bonds. The molecule has 22 heavy (non-hydrogen) atoms. The summed E-state index contributed by atoms with van der Waals surface area (Å²) in [5, 5.41) is 7.88. The lowest BCUT2D eigenvalue weighted by Gasteiger charge is -2.10. The molecule has 2 aromatic carbocycles. The molecule has 5 nitrogen and oxygen atoms in total. The van der Waals surface area contributed by atoms with Gasteiger partial charge in [0.15, 0.2) is 12.0 Å². The average Bonchev–Trinajstić information content (AvgIpc) is 2.99. The molecule has 0 saturated heterocycles. The maximum Gasteiger partial charge on any atom is 0.172 e. The van der Waals surface area contributed by atoms with E-state index >= 15 is 0 Å². The molecular formula is C16H12FN3O2. The third-order valence-electron chi connectivity index (χ3n) is 3.24. The highest BCUT2D eigenvalue weighted by atomic mass is 19.1. The number of aromatic nitrogens is 3. The van der Waals surface area contributed by atoms with Gasteiger partial charge in [0.1, 0.15) is 17.3 Å². The zero-order chi connectivity index (χ0) is 15.5. The highest BCUT2D eigenvalue weighted by Gasteiger charge is 2.19. The van der Waals surface area contributed by atoms with Gasteiger partial charge in [-0.05, 0) is 36.4 Å². The number of para-hydroxylation sites is 1. The van der Waals surface area contributed by atoms with Crippen molar-refractivity contribution in [3.05, 3.63) is 60.0 Å². The van der Waals surface area contributed by atoms with Crippen LogP contribution in [0.3, 0.4) is 0 Å². The average molecular weight is 297 g/mol. The van der Waals surface area contributed by atoms with E-state index in [1.54, 1.807) is 25.3 Å². The topological polar surface area (TPSA) is 57.0 Å². The van der Waals surface area contributed by atoms with E-state index in [0.29, 0.717) is 29.0 Å². The Morgan fingerprint density at radius 1 is 1.14 bits per heavy atom. The van der Waals surface area contributed by atoms with Gasteiger partial charge in [-0.1, -0.05) is 17.3 Å². The summed E-state index contributed by atoms with van der Waals surface area (Å²) in [5.74, 6) is 0.245. The van der Waals surface area contributed by atoms with Crippen molar-refractivity contribution in [1.82, 2.24) is 15.0 Å². The van der Waals surface area contributed by atoms with Crippen LogP contribution in [0, 0.1) is 5.82 Å². The van der Waals surface area contributed by atoms with Gasteiger partial charge in [-0.3, -0.25) is 4.79 Å². The van der Waals surface area contributed by atoms with Gasteiger partial charge in [0.05, 0.1) is 12.8 Å². The number of rotatable bonds is 4. The van der Waals surface area contributed by atoms with Crippen LogP contribution in [0.4, 0.5) is 4.39 Å². The minimum absolute atomic E-state index is 0.189. The molecule has 0 saturated carbocycles. The molecular weight excluding hydrogens is 285 g/mol. The van der Waals surface area contributed by atoms with Gasteiger partial charge in [-0.2, -0.15) is 0 Å². The van der Waals surface area contributed by atoms with Crippen molar-refractivity contribution in [2.75, 3.05) is 7.11 Å². The molecule has 0 radical (unpaired) electrons. The Labute approximate surface area is 126 Å². The predicted molar refractivity (Wildman–Crippen MR) is 78.7 cm³/mol. The minimum atomic E-state index is -0.349. The molecule has 0 spiro atoms. The first-order valence-electron chi connectivity index (χ1n) is 6.55. The molecule has 110 valence electrons. The summed E-state index contributed by atoms with van der Waals surface area (Å²) in [4.78, 5) is 11.3. The second-order valence-corrected chi connectivity index (χ2v) is 4.53. The smallest absolute Gasteiger partial charge is 0.172 e. The molecule has 0 N–H and O–H groups in total. The number of carbonyl (C=O) groups excluding carboxylic acids is 1. The van der Waals surface area contributed by atoms with E-state index in [0.717, 1.165) is 0 Å². The van der Waals surface area contributed by atoms with Crippen molar-refractivity contribution in [3.63, 3.8) is 0 Å². The molecule has 0 aliphatic carbocycles. The van der Waals surface area contributed by atoms with Crippen LogP contribution in [-0.4, -0.2) is 28.4 Å². The van der Waals surface area contributed by atoms with E-state index in [1.165, 1.54) is 16.8 Å². The summed E-state index contributed by atoms with van der Waals surface area (Å²) >= 11 is 0. The highest BCUT2D eigenvalue weighted by Crippen LogP contribution is 2.32. The number of nitrogens with zero attached hydrogens (tertiary/aromatic N) is 3. The lowest BCUT2D eigenvalue weighted by Crippen LogP contribution is -2.01. The normalized spacial score (nSPS) is 10.5. The van der Waals surface area contributed by atoms with Crippen molar-refractivity contribution in [2.45, 2.75) is 0 Å². The summed E-state index contributed by atoms with van der Waals surface area (Å²) in [6.07, 6.45) is 0.634. The molecule has 0 aliphatic heterocycles. The van der Waals surface area contributed by atoms with E-state index in [4.69, 9.17) is 4.74 Å². The standard InChI is InChI=1S/C16H12FN3O2/c1-22-15-5-3-2-4-13(15)16-14(10-21)18-19-20(16)12-8-6-11(17)7-9-12/h2-10H,1H3. The minimum Gasteiger partial charge on any atom is -0.496 e. The third-order valence-corrected chi connectivity index (χ3v) is 3.24. The van der Waals surface area contributed by atoms with Gasteiger partial charge in [0.2, 0.25) is 0 Å². The fraction of sp³-hybridized carbons (Fsp3) is 0.0625. The molecule has 3 aromatic rings. The first-order valence-corrected chi connectivity index (χ1v) is 6.55. The third kappa shape index (κ3) is 2.35. The molecule has 0 unspecified atom stereocenters. The number of ether oxygens (including phenoxy) is 1.